The van der Waals surface area contributed by atoms with Gasteiger partial charge in [0.25, 0.3) is 0 Å². The van der Waals surface area contributed by atoms with E-state index in [0.717, 1.165) is 6.07 Å². The van der Waals surface area contributed by atoms with Crippen molar-refractivity contribution in [1.29, 1.82) is 0 Å². The summed E-state index contributed by atoms with van der Waals surface area (Å²) in [6.45, 7) is 8.58. The average Bonchev–Trinajstić information content (AvgIpc) is 2.34. The lowest BCUT2D eigenvalue weighted by Crippen LogP contribution is -2.52. The fraction of sp³-hybridized carbons (Fsp3) is 0.600. The number of hydrogen-bond acceptors (Lipinski definition) is 3. The largest absolute Gasteiger partial charge is 0.376 e. The van der Waals surface area contributed by atoms with Crippen LogP contribution in [0, 0.1) is 17.0 Å². The first-order valence-electron chi connectivity index (χ1n) is 6.81. The third kappa shape index (κ3) is 4.51. The molecule has 1 aromatic rings. The molecule has 0 aliphatic carbocycles. The normalized spacial score (nSPS) is 15.2. The summed E-state index contributed by atoms with van der Waals surface area (Å²) >= 11 is 0. The smallest absolute Gasteiger partial charge is 0.129 e. The van der Waals surface area contributed by atoms with Gasteiger partial charge in [-0.15, -0.1) is 0 Å². The van der Waals surface area contributed by atoms with E-state index in [1.165, 1.54) is 12.1 Å². The van der Waals surface area contributed by atoms with E-state index in [0.29, 0.717) is 18.6 Å². The molecule has 1 aromatic carbocycles. The molecule has 0 aromatic heterocycles. The molecule has 0 heterocycles. The molecule has 2 atom stereocenters. The Labute approximate surface area is 119 Å². The molecule has 1 rings (SSSR count). The molecule has 0 radical (unpaired) electrons. The minimum Gasteiger partial charge on any atom is -0.376 e. The van der Waals surface area contributed by atoms with Gasteiger partial charge < -0.3 is 4.74 Å². The monoisotopic (exact) mass is 286 g/mol. The summed E-state index contributed by atoms with van der Waals surface area (Å²) in [4.78, 5) is 0. The van der Waals surface area contributed by atoms with Crippen LogP contribution in [0.5, 0.6) is 0 Å². The molecule has 0 aliphatic heterocycles. The highest BCUT2D eigenvalue weighted by molar-refractivity contribution is 5.20. The second-order valence-electron chi connectivity index (χ2n) is 5.95. The van der Waals surface area contributed by atoms with Crippen LogP contribution in [-0.2, 0) is 11.2 Å². The minimum atomic E-state index is -0.583. The fourth-order valence-electron chi connectivity index (χ4n) is 2.33. The second-order valence-corrected chi connectivity index (χ2v) is 5.95. The van der Waals surface area contributed by atoms with Crippen molar-refractivity contribution in [2.24, 2.45) is 11.3 Å². The average molecular weight is 286 g/mol. The molecule has 0 bridgehead atoms. The lowest BCUT2D eigenvalue weighted by molar-refractivity contribution is -0.0357. The minimum absolute atomic E-state index is 0.149. The number of halogens is 2. The third-order valence-electron chi connectivity index (χ3n) is 3.23. The van der Waals surface area contributed by atoms with Crippen LogP contribution in [0.25, 0.3) is 0 Å². The Morgan fingerprint density at radius 3 is 2.40 bits per heavy atom. The number of ether oxygens (including phenoxy) is 1. The molecule has 0 amide bonds. The van der Waals surface area contributed by atoms with Gasteiger partial charge in [0.15, 0.2) is 0 Å². The Kier molecular flexibility index (Phi) is 6.05. The predicted octanol–water partition coefficient (Wildman–Crippen LogP) is 2.79. The van der Waals surface area contributed by atoms with Crippen molar-refractivity contribution in [1.82, 2.24) is 5.43 Å². The van der Waals surface area contributed by atoms with E-state index < -0.39 is 11.6 Å². The van der Waals surface area contributed by atoms with Crippen LogP contribution < -0.4 is 11.3 Å². The SMILES string of the molecule is CCOC(C(Cc1ccc(F)cc1F)NN)C(C)(C)C. The molecule has 2 unspecified atom stereocenters. The van der Waals surface area contributed by atoms with Crippen LogP contribution in [0.4, 0.5) is 8.78 Å². The molecule has 0 spiro atoms. The van der Waals surface area contributed by atoms with Crippen molar-refractivity contribution >= 4 is 0 Å². The first-order valence-corrected chi connectivity index (χ1v) is 6.81. The number of benzene rings is 1. The zero-order valence-electron chi connectivity index (χ0n) is 12.5. The van der Waals surface area contributed by atoms with E-state index in [-0.39, 0.29) is 17.6 Å². The number of nitrogens with one attached hydrogen (secondary N) is 1. The zero-order chi connectivity index (χ0) is 15.3. The second kappa shape index (κ2) is 7.11. The predicted molar refractivity (Wildman–Crippen MR) is 76.0 cm³/mol. The highest BCUT2D eigenvalue weighted by Gasteiger charge is 2.33. The van der Waals surface area contributed by atoms with Crippen molar-refractivity contribution in [3.63, 3.8) is 0 Å². The van der Waals surface area contributed by atoms with Crippen LogP contribution >= 0.6 is 0 Å². The first-order chi connectivity index (χ1) is 9.29. The summed E-state index contributed by atoms with van der Waals surface area (Å²) < 4.78 is 32.4. The molecule has 0 aliphatic rings. The lowest BCUT2D eigenvalue weighted by Gasteiger charge is -2.36. The Bertz CT molecular complexity index is 432. The summed E-state index contributed by atoms with van der Waals surface area (Å²) in [7, 11) is 0. The van der Waals surface area contributed by atoms with Gasteiger partial charge in [-0.3, -0.25) is 11.3 Å². The maximum atomic E-state index is 13.7. The molecular weight excluding hydrogens is 262 g/mol. The van der Waals surface area contributed by atoms with Crippen molar-refractivity contribution in [3.8, 4) is 0 Å². The van der Waals surface area contributed by atoms with Crippen molar-refractivity contribution < 1.29 is 13.5 Å². The van der Waals surface area contributed by atoms with E-state index in [2.05, 4.69) is 5.43 Å². The molecular formula is C15H24F2N2O. The highest BCUT2D eigenvalue weighted by Crippen LogP contribution is 2.27. The molecule has 5 heteroatoms. The van der Waals surface area contributed by atoms with Gasteiger partial charge in [0.05, 0.1) is 12.1 Å². The first kappa shape index (κ1) is 17.0. The van der Waals surface area contributed by atoms with E-state index in [9.17, 15) is 8.78 Å². The van der Waals surface area contributed by atoms with Gasteiger partial charge in [0.1, 0.15) is 11.6 Å². The van der Waals surface area contributed by atoms with Crippen LogP contribution in [0.3, 0.4) is 0 Å². The summed E-state index contributed by atoms with van der Waals surface area (Å²) in [6.07, 6.45) is 0.159. The molecule has 3 N–H and O–H groups in total. The molecule has 0 saturated heterocycles. The van der Waals surface area contributed by atoms with Gasteiger partial charge >= 0.3 is 0 Å². The van der Waals surface area contributed by atoms with Crippen LogP contribution in [-0.4, -0.2) is 18.8 Å². The van der Waals surface area contributed by atoms with Gasteiger partial charge in [-0.2, -0.15) is 0 Å². The maximum Gasteiger partial charge on any atom is 0.129 e. The molecule has 20 heavy (non-hydrogen) atoms. The van der Waals surface area contributed by atoms with Crippen LogP contribution in [0.2, 0.25) is 0 Å². The Hall–Kier alpha value is -1.04. The van der Waals surface area contributed by atoms with E-state index in [4.69, 9.17) is 10.6 Å². The Morgan fingerprint density at radius 1 is 1.30 bits per heavy atom. The number of rotatable bonds is 6. The van der Waals surface area contributed by atoms with E-state index in [1.54, 1.807) is 0 Å². The number of nitrogens with two attached hydrogens (primary N) is 1. The van der Waals surface area contributed by atoms with Gasteiger partial charge in [0, 0.05) is 12.7 Å². The lowest BCUT2D eigenvalue weighted by atomic mass is 9.82. The molecule has 3 nitrogen and oxygen atoms in total. The summed E-state index contributed by atoms with van der Waals surface area (Å²) in [5.74, 6) is 4.46. The van der Waals surface area contributed by atoms with Gasteiger partial charge in [0.2, 0.25) is 0 Å². The Balaban J connectivity index is 2.94. The third-order valence-corrected chi connectivity index (χ3v) is 3.23. The summed E-state index contributed by atoms with van der Waals surface area (Å²) in [5, 5.41) is 0. The van der Waals surface area contributed by atoms with Crippen molar-refractivity contribution in [2.45, 2.75) is 46.3 Å². The zero-order valence-corrected chi connectivity index (χ0v) is 12.5. The Morgan fingerprint density at radius 2 is 1.95 bits per heavy atom. The molecule has 114 valence electrons. The maximum absolute atomic E-state index is 13.7. The van der Waals surface area contributed by atoms with Crippen LogP contribution in [0.1, 0.15) is 33.3 Å². The van der Waals surface area contributed by atoms with Gasteiger partial charge in [-0.1, -0.05) is 26.8 Å². The van der Waals surface area contributed by atoms with E-state index in [1.807, 2.05) is 27.7 Å². The van der Waals surface area contributed by atoms with Gasteiger partial charge in [-0.05, 0) is 30.4 Å². The van der Waals surface area contributed by atoms with Crippen LogP contribution in [0.15, 0.2) is 18.2 Å². The highest BCUT2D eigenvalue weighted by atomic mass is 19.1. The number of hydrazine groups is 1. The topological polar surface area (TPSA) is 47.3 Å². The summed E-state index contributed by atoms with van der Waals surface area (Å²) in [6, 6.07) is 3.32. The van der Waals surface area contributed by atoms with Crippen molar-refractivity contribution in [2.75, 3.05) is 6.61 Å². The standard InChI is InChI=1S/C15H24F2N2O/c1-5-20-14(15(2,3)4)13(19-18)8-10-6-7-11(16)9-12(10)17/h6-7,9,13-14,19H,5,8,18H2,1-4H3. The quantitative estimate of drug-likeness (QED) is 0.624. The summed E-state index contributed by atoms with van der Waals surface area (Å²) in [5.41, 5.74) is 2.97. The van der Waals surface area contributed by atoms with E-state index >= 15 is 0 Å². The van der Waals surface area contributed by atoms with Gasteiger partial charge in [-0.25, -0.2) is 8.78 Å². The molecule has 0 fully saturated rings. The fourth-order valence-corrected chi connectivity index (χ4v) is 2.33. The molecule has 0 saturated carbocycles. The number of hydrogen-bond donors (Lipinski definition) is 2. The van der Waals surface area contributed by atoms with Crippen molar-refractivity contribution in [3.05, 3.63) is 35.4 Å².